The lowest BCUT2D eigenvalue weighted by molar-refractivity contribution is 0.0803. The van der Waals surface area contributed by atoms with Gasteiger partial charge >= 0.3 is 0 Å². The zero-order valence-corrected chi connectivity index (χ0v) is 12.1. The molecular weight excluding hydrogens is 212 g/mol. The Balaban J connectivity index is 2.26. The minimum absolute atomic E-state index is 0.286. The van der Waals surface area contributed by atoms with Crippen LogP contribution in [0.15, 0.2) is 0 Å². The van der Waals surface area contributed by atoms with Crippen LogP contribution in [0.2, 0.25) is 0 Å². The number of nitrogens with one attached hydrogen (secondary N) is 1. The Bertz CT molecular complexity index is 208. The first-order valence-corrected chi connectivity index (χ1v) is 7.11. The highest BCUT2D eigenvalue weighted by Crippen LogP contribution is 2.14. The maximum Gasteiger partial charge on any atom is 0.0593 e. The molecule has 1 rings (SSSR count). The second-order valence-electron chi connectivity index (χ2n) is 5.94. The van der Waals surface area contributed by atoms with Crippen LogP contribution in [0, 0.1) is 5.92 Å². The van der Waals surface area contributed by atoms with Crippen LogP contribution in [-0.4, -0.2) is 49.8 Å². The van der Waals surface area contributed by atoms with E-state index in [2.05, 4.69) is 37.9 Å². The van der Waals surface area contributed by atoms with Crippen molar-refractivity contribution < 1.29 is 4.74 Å². The van der Waals surface area contributed by atoms with E-state index >= 15 is 0 Å². The van der Waals surface area contributed by atoms with Gasteiger partial charge in [0.2, 0.25) is 0 Å². The van der Waals surface area contributed by atoms with E-state index in [1.807, 2.05) is 0 Å². The first-order valence-electron chi connectivity index (χ1n) is 7.11. The van der Waals surface area contributed by atoms with Crippen LogP contribution in [0.1, 0.15) is 40.5 Å². The summed E-state index contributed by atoms with van der Waals surface area (Å²) in [6, 6.07) is 0. The van der Waals surface area contributed by atoms with Crippen molar-refractivity contribution in [1.82, 2.24) is 10.2 Å². The largest absolute Gasteiger partial charge is 0.380 e. The Labute approximate surface area is 107 Å². The van der Waals surface area contributed by atoms with Gasteiger partial charge in [-0.1, -0.05) is 20.8 Å². The molecule has 0 saturated carbocycles. The summed E-state index contributed by atoms with van der Waals surface area (Å²) in [5, 5.41) is 3.66. The van der Waals surface area contributed by atoms with Gasteiger partial charge in [0.25, 0.3) is 0 Å². The first kappa shape index (κ1) is 14.9. The topological polar surface area (TPSA) is 24.5 Å². The maximum atomic E-state index is 5.68. The Morgan fingerprint density at radius 2 is 2.18 bits per heavy atom. The number of hydrogen-bond acceptors (Lipinski definition) is 3. The molecule has 1 N–H and O–H groups in total. The SMILES string of the molecule is CCC1(C)CN(CCOCC(C)C)CCCN1. The summed E-state index contributed by atoms with van der Waals surface area (Å²) >= 11 is 0. The molecule has 1 unspecified atom stereocenters. The van der Waals surface area contributed by atoms with Crippen molar-refractivity contribution in [2.75, 3.05) is 39.4 Å². The average molecular weight is 242 g/mol. The predicted octanol–water partition coefficient (Wildman–Crippen LogP) is 2.12. The molecule has 1 saturated heterocycles. The monoisotopic (exact) mass is 242 g/mol. The molecule has 0 aliphatic carbocycles. The van der Waals surface area contributed by atoms with Crippen molar-refractivity contribution in [2.45, 2.75) is 46.1 Å². The molecule has 1 aliphatic heterocycles. The van der Waals surface area contributed by atoms with Gasteiger partial charge in [-0.3, -0.25) is 4.90 Å². The van der Waals surface area contributed by atoms with Crippen LogP contribution in [0.25, 0.3) is 0 Å². The number of rotatable bonds is 6. The lowest BCUT2D eigenvalue weighted by atomic mass is 9.99. The van der Waals surface area contributed by atoms with Crippen LogP contribution in [-0.2, 0) is 4.74 Å². The molecule has 0 aromatic carbocycles. The standard InChI is InChI=1S/C14H30N2O/c1-5-14(4)12-16(8-6-7-15-14)9-10-17-11-13(2)3/h13,15H,5-12H2,1-4H3. The second kappa shape index (κ2) is 7.34. The molecule has 0 bridgehead atoms. The molecule has 1 aliphatic rings. The highest BCUT2D eigenvalue weighted by atomic mass is 16.5. The van der Waals surface area contributed by atoms with E-state index < -0.39 is 0 Å². The van der Waals surface area contributed by atoms with Gasteiger partial charge in [-0.15, -0.1) is 0 Å². The average Bonchev–Trinajstić information content (AvgIpc) is 2.47. The molecule has 1 heterocycles. The molecule has 0 spiro atoms. The zero-order valence-electron chi connectivity index (χ0n) is 12.1. The van der Waals surface area contributed by atoms with Crippen molar-refractivity contribution in [1.29, 1.82) is 0 Å². The fourth-order valence-electron chi connectivity index (χ4n) is 2.26. The van der Waals surface area contributed by atoms with Gasteiger partial charge in [0.05, 0.1) is 6.61 Å². The number of nitrogens with zero attached hydrogens (tertiary/aromatic N) is 1. The molecule has 3 heteroatoms. The summed E-state index contributed by atoms with van der Waals surface area (Å²) in [5.74, 6) is 0.640. The van der Waals surface area contributed by atoms with Crippen molar-refractivity contribution >= 4 is 0 Å². The van der Waals surface area contributed by atoms with Crippen LogP contribution < -0.4 is 5.32 Å². The third-order valence-electron chi connectivity index (χ3n) is 3.56. The molecule has 17 heavy (non-hydrogen) atoms. The minimum atomic E-state index is 0.286. The van der Waals surface area contributed by atoms with E-state index in [9.17, 15) is 0 Å². The van der Waals surface area contributed by atoms with Crippen LogP contribution in [0.5, 0.6) is 0 Å². The normalized spacial score (nSPS) is 27.4. The van der Waals surface area contributed by atoms with Crippen molar-refractivity contribution in [3.05, 3.63) is 0 Å². The Hall–Kier alpha value is -0.120. The molecular formula is C14H30N2O. The minimum Gasteiger partial charge on any atom is -0.380 e. The van der Waals surface area contributed by atoms with Crippen molar-refractivity contribution in [3.63, 3.8) is 0 Å². The van der Waals surface area contributed by atoms with E-state index in [-0.39, 0.29) is 5.54 Å². The quantitative estimate of drug-likeness (QED) is 0.722. The Morgan fingerprint density at radius 3 is 2.82 bits per heavy atom. The van der Waals surface area contributed by atoms with Gasteiger partial charge < -0.3 is 10.1 Å². The van der Waals surface area contributed by atoms with Crippen LogP contribution in [0.3, 0.4) is 0 Å². The fraction of sp³-hybridized carbons (Fsp3) is 1.00. The lowest BCUT2D eigenvalue weighted by Crippen LogP contribution is -2.49. The lowest BCUT2D eigenvalue weighted by Gasteiger charge is -2.32. The van der Waals surface area contributed by atoms with Gasteiger partial charge in [-0.25, -0.2) is 0 Å². The summed E-state index contributed by atoms with van der Waals surface area (Å²) in [4.78, 5) is 2.55. The highest BCUT2D eigenvalue weighted by Gasteiger charge is 2.26. The first-order chi connectivity index (χ1) is 8.06. The summed E-state index contributed by atoms with van der Waals surface area (Å²) in [7, 11) is 0. The summed E-state index contributed by atoms with van der Waals surface area (Å²) in [5.41, 5.74) is 0.286. The second-order valence-corrected chi connectivity index (χ2v) is 5.94. The van der Waals surface area contributed by atoms with Gasteiger partial charge in [-0.05, 0) is 38.8 Å². The summed E-state index contributed by atoms with van der Waals surface area (Å²) in [6.07, 6.45) is 2.44. The van der Waals surface area contributed by atoms with Crippen LogP contribution in [0.4, 0.5) is 0 Å². The van der Waals surface area contributed by atoms with Crippen molar-refractivity contribution in [2.24, 2.45) is 5.92 Å². The van der Waals surface area contributed by atoms with Gasteiger partial charge in [0.1, 0.15) is 0 Å². The van der Waals surface area contributed by atoms with E-state index in [1.54, 1.807) is 0 Å². The molecule has 0 radical (unpaired) electrons. The van der Waals surface area contributed by atoms with Gasteiger partial charge in [0, 0.05) is 25.2 Å². The third kappa shape index (κ3) is 5.84. The smallest absolute Gasteiger partial charge is 0.0593 e. The number of hydrogen-bond donors (Lipinski definition) is 1. The third-order valence-corrected chi connectivity index (χ3v) is 3.56. The number of ether oxygens (including phenoxy) is 1. The molecule has 102 valence electrons. The fourth-order valence-corrected chi connectivity index (χ4v) is 2.26. The van der Waals surface area contributed by atoms with E-state index in [1.165, 1.54) is 19.4 Å². The molecule has 0 aromatic rings. The van der Waals surface area contributed by atoms with Crippen LogP contribution >= 0.6 is 0 Å². The zero-order chi connectivity index (χ0) is 12.7. The molecule has 3 nitrogen and oxygen atoms in total. The summed E-state index contributed by atoms with van der Waals surface area (Å²) in [6.45, 7) is 15.3. The molecule has 1 atom stereocenters. The van der Waals surface area contributed by atoms with E-state index in [4.69, 9.17) is 4.74 Å². The van der Waals surface area contributed by atoms with E-state index in [0.29, 0.717) is 5.92 Å². The summed E-state index contributed by atoms with van der Waals surface area (Å²) < 4.78 is 5.68. The van der Waals surface area contributed by atoms with E-state index in [0.717, 1.165) is 32.8 Å². The Kier molecular flexibility index (Phi) is 6.45. The molecule has 0 aromatic heterocycles. The predicted molar refractivity (Wildman–Crippen MR) is 73.4 cm³/mol. The van der Waals surface area contributed by atoms with Gasteiger partial charge in [0.15, 0.2) is 0 Å². The van der Waals surface area contributed by atoms with Gasteiger partial charge in [-0.2, -0.15) is 0 Å². The molecule has 0 amide bonds. The maximum absolute atomic E-state index is 5.68. The molecule has 1 fully saturated rings. The highest BCUT2D eigenvalue weighted by molar-refractivity contribution is 4.87. The Morgan fingerprint density at radius 1 is 1.41 bits per heavy atom. The van der Waals surface area contributed by atoms with Crippen molar-refractivity contribution in [3.8, 4) is 0 Å².